The van der Waals surface area contributed by atoms with Crippen LogP contribution in [0.25, 0.3) is 15.7 Å². The minimum absolute atomic E-state index is 0.413. The molecule has 0 amide bonds. The molecule has 0 saturated heterocycles. The summed E-state index contributed by atoms with van der Waals surface area (Å²) in [4.78, 5) is 0.843. The van der Waals surface area contributed by atoms with Gasteiger partial charge in [-0.1, -0.05) is 32.1 Å². The quantitative estimate of drug-likeness (QED) is 0.741. The summed E-state index contributed by atoms with van der Waals surface area (Å²) in [5.74, 6) is 1.34. The van der Waals surface area contributed by atoms with Crippen LogP contribution in [0.3, 0.4) is 0 Å². The summed E-state index contributed by atoms with van der Waals surface area (Å²) in [6, 6.07) is 2.11. The molecule has 0 radical (unpaired) electrons. The fraction of sp³-hybridized carbons (Fsp3) is 0.538. The summed E-state index contributed by atoms with van der Waals surface area (Å²) in [6.07, 6.45) is 1.93. The summed E-state index contributed by atoms with van der Waals surface area (Å²) in [7, 11) is 1.95. The molecule has 3 rings (SSSR count). The fourth-order valence-electron chi connectivity index (χ4n) is 2.11. The first-order valence-corrected chi connectivity index (χ1v) is 7.67. The first-order chi connectivity index (χ1) is 9.60. The lowest BCUT2D eigenvalue weighted by molar-refractivity contribution is 0.715. The van der Waals surface area contributed by atoms with Crippen molar-refractivity contribution in [3.8, 4) is 10.7 Å². The molecular weight excluding hydrogens is 272 g/mol. The van der Waals surface area contributed by atoms with Gasteiger partial charge in [-0.05, 0) is 18.4 Å². The zero-order valence-corrected chi connectivity index (χ0v) is 13.0. The zero-order valence-electron chi connectivity index (χ0n) is 12.2. The van der Waals surface area contributed by atoms with E-state index >= 15 is 0 Å². The van der Waals surface area contributed by atoms with E-state index in [0.29, 0.717) is 5.92 Å². The predicted molar refractivity (Wildman–Crippen MR) is 78.9 cm³/mol. The minimum Gasteiger partial charge on any atom is -0.265 e. The van der Waals surface area contributed by atoms with Crippen LogP contribution in [-0.2, 0) is 13.5 Å². The molecule has 0 bridgehead atoms. The molecule has 6 nitrogen and oxygen atoms in total. The Balaban J connectivity index is 2.06. The van der Waals surface area contributed by atoms with E-state index < -0.39 is 0 Å². The van der Waals surface area contributed by atoms with Crippen LogP contribution in [0.4, 0.5) is 0 Å². The number of rotatable bonds is 4. The van der Waals surface area contributed by atoms with E-state index in [1.54, 1.807) is 11.3 Å². The number of hydrogen-bond acceptors (Lipinski definition) is 5. The Hall–Kier alpha value is -1.76. The number of hydrogen-bond donors (Lipinski definition) is 0. The Morgan fingerprint density at radius 3 is 2.70 bits per heavy atom. The standard InChI is InChI=1S/C13H18N6S/c1-5-6-11-14-15-13-19(11)17-12(20-13)10-7-9(8(2)3)16-18(10)4/h7-8H,5-6H2,1-4H3. The molecule has 0 spiro atoms. The molecule has 0 aliphatic rings. The Bertz CT molecular complexity index is 735. The lowest BCUT2D eigenvalue weighted by Gasteiger charge is -1.96. The topological polar surface area (TPSA) is 60.9 Å². The normalized spacial score (nSPS) is 11.8. The van der Waals surface area contributed by atoms with E-state index in [2.05, 4.69) is 47.2 Å². The van der Waals surface area contributed by atoms with Gasteiger partial charge in [-0.25, -0.2) is 0 Å². The van der Waals surface area contributed by atoms with Crippen molar-refractivity contribution in [2.45, 2.75) is 39.5 Å². The van der Waals surface area contributed by atoms with Crippen LogP contribution in [0, 0.1) is 0 Å². The lowest BCUT2D eigenvalue weighted by Crippen LogP contribution is -1.97. The molecule has 0 fully saturated rings. The van der Waals surface area contributed by atoms with Crippen LogP contribution in [0.5, 0.6) is 0 Å². The molecule has 3 heterocycles. The van der Waals surface area contributed by atoms with Crippen molar-refractivity contribution in [2.24, 2.45) is 7.05 Å². The van der Waals surface area contributed by atoms with Crippen molar-refractivity contribution in [3.63, 3.8) is 0 Å². The van der Waals surface area contributed by atoms with E-state index in [9.17, 15) is 0 Å². The molecule has 0 saturated carbocycles. The fourth-order valence-corrected chi connectivity index (χ4v) is 3.02. The monoisotopic (exact) mass is 290 g/mol. The van der Waals surface area contributed by atoms with Crippen molar-refractivity contribution >= 4 is 16.3 Å². The van der Waals surface area contributed by atoms with Crippen molar-refractivity contribution in [2.75, 3.05) is 0 Å². The first kappa shape index (κ1) is 13.2. The van der Waals surface area contributed by atoms with Crippen LogP contribution >= 0.6 is 11.3 Å². The molecule has 0 unspecified atom stereocenters. The van der Waals surface area contributed by atoms with Crippen molar-refractivity contribution in [1.82, 2.24) is 29.6 Å². The van der Waals surface area contributed by atoms with Gasteiger partial charge in [0, 0.05) is 13.5 Å². The molecule has 0 aliphatic heterocycles. The Morgan fingerprint density at radius 1 is 1.25 bits per heavy atom. The van der Waals surface area contributed by atoms with Gasteiger partial charge in [0.25, 0.3) is 0 Å². The first-order valence-electron chi connectivity index (χ1n) is 6.85. The second kappa shape index (κ2) is 4.97. The van der Waals surface area contributed by atoms with Crippen LogP contribution in [0.1, 0.15) is 44.6 Å². The average Bonchev–Trinajstić information content (AvgIpc) is 3.04. The van der Waals surface area contributed by atoms with Crippen molar-refractivity contribution in [1.29, 1.82) is 0 Å². The van der Waals surface area contributed by atoms with Gasteiger partial charge in [-0.3, -0.25) is 4.68 Å². The second-order valence-corrected chi connectivity index (χ2v) is 6.16. The van der Waals surface area contributed by atoms with Gasteiger partial charge >= 0.3 is 0 Å². The maximum Gasteiger partial charge on any atom is 0.235 e. The van der Waals surface area contributed by atoms with Crippen LogP contribution < -0.4 is 0 Å². The number of fused-ring (bicyclic) bond motifs is 1. The SMILES string of the molecule is CCCc1nnc2sc(-c3cc(C(C)C)nn3C)nn12. The third kappa shape index (κ3) is 2.11. The second-order valence-electron chi connectivity index (χ2n) is 5.20. The van der Waals surface area contributed by atoms with Gasteiger partial charge in [0.2, 0.25) is 4.96 Å². The number of aryl methyl sites for hydroxylation is 2. The van der Waals surface area contributed by atoms with Gasteiger partial charge in [-0.15, -0.1) is 10.2 Å². The molecule has 20 heavy (non-hydrogen) atoms. The van der Waals surface area contributed by atoms with Gasteiger partial charge in [0.1, 0.15) is 0 Å². The molecule has 0 N–H and O–H groups in total. The molecule has 3 aromatic rings. The van der Waals surface area contributed by atoms with Crippen LogP contribution in [-0.4, -0.2) is 29.6 Å². The highest BCUT2D eigenvalue weighted by Gasteiger charge is 2.16. The van der Waals surface area contributed by atoms with Crippen molar-refractivity contribution in [3.05, 3.63) is 17.6 Å². The Morgan fingerprint density at radius 2 is 2.05 bits per heavy atom. The third-order valence-electron chi connectivity index (χ3n) is 3.24. The smallest absolute Gasteiger partial charge is 0.235 e. The summed E-state index contributed by atoms with van der Waals surface area (Å²) in [5, 5.41) is 18.5. The molecule has 106 valence electrons. The van der Waals surface area contributed by atoms with E-state index in [1.165, 1.54) is 0 Å². The molecule has 3 aromatic heterocycles. The lowest BCUT2D eigenvalue weighted by atomic mass is 10.1. The summed E-state index contributed by atoms with van der Waals surface area (Å²) >= 11 is 1.55. The molecular formula is C13H18N6S. The molecule has 0 atom stereocenters. The van der Waals surface area contributed by atoms with Crippen LogP contribution in [0.2, 0.25) is 0 Å². The molecule has 7 heteroatoms. The Kier molecular flexibility index (Phi) is 3.29. The van der Waals surface area contributed by atoms with Crippen LogP contribution in [0.15, 0.2) is 6.07 Å². The van der Waals surface area contributed by atoms with Gasteiger partial charge in [-0.2, -0.15) is 14.7 Å². The number of nitrogens with zero attached hydrogens (tertiary/aromatic N) is 6. The van der Waals surface area contributed by atoms with Gasteiger partial charge < -0.3 is 0 Å². The maximum absolute atomic E-state index is 4.64. The molecule has 0 aliphatic carbocycles. The van der Waals surface area contributed by atoms with Gasteiger partial charge in [0.05, 0.1) is 11.4 Å². The summed E-state index contributed by atoms with van der Waals surface area (Å²) in [5.41, 5.74) is 2.12. The van der Waals surface area contributed by atoms with Crippen molar-refractivity contribution < 1.29 is 0 Å². The summed E-state index contributed by atoms with van der Waals surface area (Å²) < 4.78 is 3.74. The highest BCUT2D eigenvalue weighted by Crippen LogP contribution is 2.27. The molecule has 0 aromatic carbocycles. The van der Waals surface area contributed by atoms with E-state index in [0.717, 1.165) is 40.0 Å². The van der Waals surface area contributed by atoms with E-state index in [4.69, 9.17) is 0 Å². The zero-order chi connectivity index (χ0) is 14.3. The minimum atomic E-state index is 0.413. The maximum atomic E-state index is 4.64. The average molecular weight is 290 g/mol. The Labute approximate surface area is 121 Å². The van der Waals surface area contributed by atoms with E-state index in [-0.39, 0.29) is 0 Å². The highest BCUT2D eigenvalue weighted by molar-refractivity contribution is 7.19. The van der Waals surface area contributed by atoms with Gasteiger partial charge in [0.15, 0.2) is 10.8 Å². The predicted octanol–water partition coefficient (Wildman–Crippen LogP) is 2.66. The summed E-state index contributed by atoms with van der Waals surface area (Å²) in [6.45, 7) is 6.42. The van der Waals surface area contributed by atoms with E-state index in [1.807, 2.05) is 16.2 Å². The largest absolute Gasteiger partial charge is 0.265 e. The third-order valence-corrected chi connectivity index (χ3v) is 4.16. The highest BCUT2D eigenvalue weighted by atomic mass is 32.1. The number of aromatic nitrogens is 6.